The zero-order valence-electron chi connectivity index (χ0n) is 10.8. The second-order valence-corrected chi connectivity index (χ2v) is 4.64. The summed E-state index contributed by atoms with van der Waals surface area (Å²) in [6, 6.07) is 11.6. The van der Waals surface area contributed by atoms with Crippen LogP contribution < -0.4 is 5.32 Å². The number of hydrogen-bond donors (Lipinski definition) is 1. The van der Waals surface area contributed by atoms with Gasteiger partial charge < -0.3 is 5.32 Å². The number of alkyl halides is 1. The van der Waals surface area contributed by atoms with Crippen LogP contribution in [0, 0.1) is 6.92 Å². The maximum Gasteiger partial charge on any atom is 0.225 e. The van der Waals surface area contributed by atoms with Crippen molar-refractivity contribution in [3.05, 3.63) is 42.1 Å². The number of carbonyl (C=O) groups is 1. The number of rotatable bonds is 5. The summed E-state index contributed by atoms with van der Waals surface area (Å²) in [5.74, 6) is 1.13. The molecule has 1 N–H and O–H groups in total. The van der Waals surface area contributed by atoms with E-state index >= 15 is 0 Å². The van der Waals surface area contributed by atoms with Crippen LogP contribution in [0.25, 0.3) is 5.69 Å². The Morgan fingerprint density at radius 2 is 2.11 bits per heavy atom. The van der Waals surface area contributed by atoms with Crippen molar-refractivity contribution >= 4 is 23.3 Å². The molecule has 0 aliphatic carbocycles. The molecule has 1 amide bonds. The first kappa shape index (κ1) is 13.6. The molecule has 0 aliphatic heterocycles. The number of hydrogen-bond acceptors (Lipinski definition) is 2. The van der Waals surface area contributed by atoms with E-state index in [9.17, 15) is 4.79 Å². The van der Waals surface area contributed by atoms with Gasteiger partial charge in [-0.2, -0.15) is 5.10 Å². The minimum atomic E-state index is -0.0438. The van der Waals surface area contributed by atoms with Gasteiger partial charge in [0.2, 0.25) is 5.91 Å². The smallest absolute Gasteiger partial charge is 0.225 e. The molecule has 0 fully saturated rings. The van der Waals surface area contributed by atoms with Gasteiger partial charge in [-0.25, -0.2) is 4.68 Å². The lowest BCUT2D eigenvalue weighted by Crippen LogP contribution is -2.14. The summed E-state index contributed by atoms with van der Waals surface area (Å²) in [6.07, 6.45) is 1.09. The van der Waals surface area contributed by atoms with Crippen LogP contribution in [0.1, 0.15) is 18.5 Å². The molecule has 1 aromatic carbocycles. The highest BCUT2D eigenvalue weighted by Gasteiger charge is 2.10. The lowest BCUT2D eigenvalue weighted by Gasteiger charge is -2.08. The first-order valence-electron chi connectivity index (χ1n) is 6.18. The molecule has 2 rings (SSSR count). The third kappa shape index (κ3) is 3.58. The first-order chi connectivity index (χ1) is 9.20. The fourth-order valence-corrected chi connectivity index (χ4v) is 1.92. The van der Waals surface area contributed by atoms with E-state index in [2.05, 4.69) is 10.4 Å². The molecule has 1 aromatic heterocycles. The Labute approximate surface area is 117 Å². The van der Waals surface area contributed by atoms with E-state index in [1.165, 1.54) is 0 Å². The van der Waals surface area contributed by atoms with E-state index < -0.39 is 0 Å². The number of anilines is 1. The van der Waals surface area contributed by atoms with Gasteiger partial charge in [-0.05, 0) is 25.5 Å². The van der Waals surface area contributed by atoms with Crippen LogP contribution in [0.3, 0.4) is 0 Å². The standard InChI is InChI=1S/C14H16ClN3O/c1-11-10-13(16-14(19)8-5-9-15)18(17-11)12-6-3-2-4-7-12/h2-4,6-7,10H,5,8-9H2,1H3,(H,16,19). The van der Waals surface area contributed by atoms with Crippen molar-refractivity contribution in [1.29, 1.82) is 0 Å². The first-order valence-corrected chi connectivity index (χ1v) is 6.72. The topological polar surface area (TPSA) is 46.9 Å². The second kappa shape index (κ2) is 6.38. The number of aryl methyl sites for hydroxylation is 1. The molecule has 0 atom stereocenters. The molecule has 0 spiro atoms. The van der Waals surface area contributed by atoms with Crippen LogP contribution in [0.4, 0.5) is 5.82 Å². The zero-order valence-corrected chi connectivity index (χ0v) is 11.5. The normalized spacial score (nSPS) is 10.4. The third-order valence-electron chi connectivity index (χ3n) is 2.64. The summed E-state index contributed by atoms with van der Waals surface area (Å²) in [4.78, 5) is 11.8. The van der Waals surface area contributed by atoms with E-state index in [0.29, 0.717) is 24.5 Å². The van der Waals surface area contributed by atoms with Crippen LogP contribution >= 0.6 is 11.6 Å². The van der Waals surface area contributed by atoms with Crippen molar-refractivity contribution in [2.75, 3.05) is 11.2 Å². The average molecular weight is 278 g/mol. The predicted octanol–water partition coefficient (Wildman–Crippen LogP) is 3.14. The Bertz CT molecular complexity index is 551. The van der Waals surface area contributed by atoms with E-state index in [4.69, 9.17) is 11.6 Å². The summed E-state index contributed by atoms with van der Waals surface area (Å²) >= 11 is 5.58. The fourth-order valence-electron chi connectivity index (χ4n) is 1.79. The Hall–Kier alpha value is -1.81. The van der Waals surface area contributed by atoms with Crippen LogP contribution in [0.5, 0.6) is 0 Å². The van der Waals surface area contributed by atoms with Crippen molar-refractivity contribution in [3.63, 3.8) is 0 Å². The molecule has 1 heterocycles. The van der Waals surface area contributed by atoms with Crippen LogP contribution in [-0.4, -0.2) is 21.6 Å². The molecule has 2 aromatic rings. The zero-order chi connectivity index (χ0) is 13.7. The van der Waals surface area contributed by atoms with Gasteiger partial charge in [0.1, 0.15) is 5.82 Å². The molecular weight excluding hydrogens is 262 g/mol. The Morgan fingerprint density at radius 1 is 1.37 bits per heavy atom. The number of amides is 1. The maximum atomic E-state index is 11.8. The van der Waals surface area contributed by atoms with E-state index in [0.717, 1.165) is 11.4 Å². The second-order valence-electron chi connectivity index (χ2n) is 4.26. The van der Waals surface area contributed by atoms with Crippen molar-refractivity contribution < 1.29 is 4.79 Å². The molecular formula is C14H16ClN3O. The molecule has 100 valence electrons. The van der Waals surface area contributed by atoms with Crippen LogP contribution in [0.15, 0.2) is 36.4 Å². The summed E-state index contributed by atoms with van der Waals surface area (Å²) < 4.78 is 1.73. The molecule has 0 bridgehead atoms. The van der Waals surface area contributed by atoms with Gasteiger partial charge in [-0.3, -0.25) is 4.79 Å². The highest BCUT2D eigenvalue weighted by molar-refractivity contribution is 6.18. The summed E-state index contributed by atoms with van der Waals surface area (Å²) in [5.41, 5.74) is 1.78. The van der Waals surface area contributed by atoms with Crippen molar-refractivity contribution in [1.82, 2.24) is 9.78 Å². The van der Waals surface area contributed by atoms with Gasteiger partial charge in [0.05, 0.1) is 11.4 Å². The third-order valence-corrected chi connectivity index (χ3v) is 2.90. The van der Waals surface area contributed by atoms with Crippen LogP contribution in [-0.2, 0) is 4.79 Å². The maximum absolute atomic E-state index is 11.8. The number of para-hydroxylation sites is 1. The molecule has 0 unspecified atom stereocenters. The highest BCUT2D eigenvalue weighted by atomic mass is 35.5. The van der Waals surface area contributed by atoms with Gasteiger partial charge in [-0.15, -0.1) is 11.6 Å². The fraction of sp³-hybridized carbons (Fsp3) is 0.286. The van der Waals surface area contributed by atoms with E-state index in [-0.39, 0.29) is 5.91 Å². The number of benzene rings is 1. The van der Waals surface area contributed by atoms with Crippen molar-refractivity contribution in [2.45, 2.75) is 19.8 Å². The Balaban J connectivity index is 2.20. The minimum Gasteiger partial charge on any atom is -0.311 e. The lowest BCUT2D eigenvalue weighted by atomic mass is 10.3. The van der Waals surface area contributed by atoms with Gasteiger partial charge in [0.25, 0.3) is 0 Å². The van der Waals surface area contributed by atoms with Gasteiger partial charge in [0.15, 0.2) is 0 Å². The van der Waals surface area contributed by atoms with Crippen molar-refractivity contribution in [3.8, 4) is 5.69 Å². The van der Waals surface area contributed by atoms with E-state index in [1.54, 1.807) is 4.68 Å². The Morgan fingerprint density at radius 3 is 2.79 bits per heavy atom. The Kier molecular flexibility index (Phi) is 4.58. The largest absolute Gasteiger partial charge is 0.311 e. The summed E-state index contributed by atoms with van der Waals surface area (Å²) in [5, 5.41) is 7.26. The molecule has 0 saturated carbocycles. The number of halogens is 1. The SMILES string of the molecule is Cc1cc(NC(=O)CCCCl)n(-c2ccccc2)n1. The van der Waals surface area contributed by atoms with Crippen molar-refractivity contribution in [2.24, 2.45) is 0 Å². The van der Waals surface area contributed by atoms with Gasteiger partial charge >= 0.3 is 0 Å². The molecule has 0 aliphatic rings. The average Bonchev–Trinajstić information content (AvgIpc) is 2.78. The molecule has 4 nitrogen and oxygen atoms in total. The number of aromatic nitrogens is 2. The van der Waals surface area contributed by atoms with Gasteiger partial charge in [-0.1, -0.05) is 18.2 Å². The number of carbonyl (C=O) groups excluding carboxylic acids is 1. The lowest BCUT2D eigenvalue weighted by molar-refractivity contribution is -0.116. The van der Waals surface area contributed by atoms with Crippen LogP contribution in [0.2, 0.25) is 0 Å². The monoisotopic (exact) mass is 277 g/mol. The molecule has 19 heavy (non-hydrogen) atoms. The highest BCUT2D eigenvalue weighted by Crippen LogP contribution is 2.17. The summed E-state index contributed by atoms with van der Waals surface area (Å²) in [7, 11) is 0. The summed E-state index contributed by atoms with van der Waals surface area (Å²) in [6.45, 7) is 1.90. The number of nitrogens with one attached hydrogen (secondary N) is 1. The predicted molar refractivity (Wildman–Crippen MR) is 76.9 cm³/mol. The van der Waals surface area contributed by atoms with E-state index in [1.807, 2.05) is 43.3 Å². The number of nitrogens with zero attached hydrogens (tertiary/aromatic N) is 2. The quantitative estimate of drug-likeness (QED) is 0.854. The molecule has 0 saturated heterocycles. The molecule has 5 heteroatoms. The van der Waals surface area contributed by atoms with Gasteiger partial charge in [0, 0.05) is 18.4 Å². The molecule has 0 radical (unpaired) electrons. The minimum absolute atomic E-state index is 0.0438.